The summed E-state index contributed by atoms with van der Waals surface area (Å²) in [6.45, 7) is 6.85. The lowest BCUT2D eigenvalue weighted by molar-refractivity contribution is -0.139. The highest BCUT2D eigenvalue weighted by atomic mass is 32.1. The van der Waals surface area contributed by atoms with Gasteiger partial charge in [-0.1, -0.05) is 0 Å². The Morgan fingerprint density at radius 3 is 2.64 bits per heavy atom. The van der Waals surface area contributed by atoms with Crippen molar-refractivity contribution < 1.29 is 4.79 Å². The number of thiazole rings is 1. The molecule has 5 nitrogen and oxygen atoms in total. The predicted octanol–water partition coefficient (Wildman–Crippen LogP) is 2.01. The van der Waals surface area contributed by atoms with Gasteiger partial charge in [0.1, 0.15) is 0 Å². The normalized spacial score (nSPS) is 27.2. The van der Waals surface area contributed by atoms with Crippen molar-refractivity contribution >= 4 is 22.4 Å². The standard InChI is InChI=1S/C16H26N4OS/c1-11-10-22-16(18-11)19-6-3-13(4-7-19)15(21)20-8-5-14(17)9-12(20)2/h10,12-14H,3-9,17H2,1-2H3/t12-,14+/m1/s1. The molecule has 0 aliphatic carbocycles. The molecule has 0 bridgehead atoms. The van der Waals surface area contributed by atoms with E-state index in [0.717, 1.165) is 56.1 Å². The summed E-state index contributed by atoms with van der Waals surface area (Å²) in [5.41, 5.74) is 7.08. The number of hydrogen-bond acceptors (Lipinski definition) is 5. The number of anilines is 1. The fourth-order valence-corrected chi connectivity index (χ4v) is 4.43. The first kappa shape index (κ1) is 15.7. The lowest BCUT2D eigenvalue weighted by atomic mass is 9.92. The van der Waals surface area contributed by atoms with E-state index < -0.39 is 0 Å². The third-order valence-corrected chi connectivity index (χ3v) is 5.94. The maximum atomic E-state index is 12.8. The Hall–Kier alpha value is -1.14. The molecule has 1 aromatic rings. The summed E-state index contributed by atoms with van der Waals surface area (Å²) < 4.78 is 0. The summed E-state index contributed by atoms with van der Waals surface area (Å²) >= 11 is 1.70. The first-order chi connectivity index (χ1) is 10.5. The molecule has 122 valence electrons. The molecule has 0 aromatic carbocycles. The van der Waals surface area contributed by atoms with E-state index in [1.165, 1.54) is 0 Å². The second-order valence-corrected chi connectivity index (χ2v) is 7.53. The Balaban J connectivity index is 1.55. The zero-order valence-corrected chi connectivity index (χ0v) is 14.3. The minimum absolute atomic E-state index is 0.175. The van der Waals surface area contributed by atoms with Crippen LogP contribution >= 0.6 is 11.3 Å². The second kappa shape index (κ2) is 6.54. The molecule has 1 amide bonds. The van der Waals surface area contributed by atoms with Crippen LogP contribution in [0.5, 0.6) is 0 Å². The van der Waals surface area contributed by atoms with Crippen molar-refractivity contribution in [3.63, 3.8) is 0 Å². The number of carbonyl (C=O) groups excluding carboxylic acids is 1. The van der Waals surface area contributed by atoms with Crippen molar-refractivity contribution in [2.75, 3.05) is 24.5 Å². The summed E-state index contributed by atoms with van der Waals surface area (Å²) in [4.78, 5) is 21.7. The van der Waals surface area contributed by atoms with Gasteiger partial charge in [-0.3, -0.25) is 4.79 Å². The number of carbonyl (C=O) groups is 1. The van der Waals surface area contributed by atoms with Gasteiger partial charge in [-0.25, -0.2) is 4.98 Å². The van der Waals surface area contributed by atoms with Crippen molar-refractivity contribution in [1.82, 2.24) is 9.88 Å². The number of amides is 1. The third-order valence-electron chi connectivity index (χ3n) is 4.92. The van der Waals surface area contributed by atoms with Gasteiger partial charge in [-0.05, 0) is 39.5 Å². The molecular weight excluding hydrogens is 296 g/mol. The zero-order chi connectivity index (χ0) is 15.7. The van der Waals surface area contributed by atoms with Crippen molar-refractivity contribution in [2.24, 2.45) is 11.7 Å². The summed E-state index contributed by atoms with van der Waals surface area (Å²) in [7, 11) is 0. The van der Waals surface area contributed by atoms with Gasteiger partial charge >= 0.3 is 0 Å². The lowest BCUT2D eigenvalue weighted by Crippen LogP contribution is -2.51. The maximum Gasteiger partial charge on any atom is 0.226 e. The highest BCUT2D eigenvalue weighted by Gasteiger charge is 2.33. The fraction of sp³-hybridized carbons (Fsp3) is 0.750. The van der Waals surface area contributed by atoms with E-state index in [0.29, 0.717) is 5.91 Å². The molecule has 0 radical (unpaired) electrons. The van der Waals surface area contributed by atoms with E-state index in [9.17, 15) is 4.79 Å². The average Bonchev–Trinajstić information content (AvgIpc) is 2.93. The molecule has 3 heterocycles. The number of rotatable bonds is 2. The van der Waals surface area contributed by atoms with Crippen LogP contribution in [0.25, 0.3) is 0 Å². The van der Waals surface area contributed by atoms with Gasteiger partial charge in [0.05, 0.1) is 5.69 Å². The van der Waals surface area contributed by atoms with E-state index in [4.69, 9.17) is 5.73 Å². The van der Waals surface area contributed by atoms with Crippen molar-refractivity contribution in [2.45, 2.75) is 51.6 Å². The Kier molecular flexibility index (Phi) is 4.68. The lowest BCUT2D eigenvalue weighted by Gasteiger charge is -2.40. The Bertz CT molecular complexity index is 524. The number of nitrogens with two attached hydrogens (primary N) is 1. The van der Waals surface area contributed by atoms with Crippen molar-refractivity contribution in [1.29, 1.82) is 0 Å². The van der Waals surface area contributed by atoms with Crippen LogP contribution in [0.2, 0.25) is 0 Å². The molecular formula is C16H26N4OS. The molecule has 6 heteroatoms. The van der Waals surface area contributed by atoms with Gasteiger partial charge in [0.15, 0.2) is 5.13 Å². The predicted molar refractivity (Wildman–Crippen MR) is 90.2 cm³/mol. The average molecular weight is 322 g/mol. The van der Waals surface area contributed by atoms with E-state index in [-0.39, 0.29) is 18.0 Å². The van der Waals surface area contributed by atoms with E-state index >= 15 is 0 Å². The molecule has 2 aliphatic heterocycles. The quantitative estimate of drug-likeness (QED) is 0.905. The van der Waals surface area contributed by atoms with Gasteiger partial charge in [-0.15, -0.1) is 11.3 Å². The van der Waals surface area contributed by atoms with E-state index in [1.54, 1.807) is 11.3 Å². The van der Waals surface area contributed by atoms with Crippen LogP contribution in [0.15, 0.2) is 5.38 Å². The van der Waals surface area contributed by atoms with E-state index in [1.807, 2.05) is 6.92 Å². The largest absolute Gasteiger partial charge is 0.348 e. The van der Waals surface area contributed by atoms with Crippen LogP contribution in [-0.2, 0) is 4.79 Å². The maximum absolute atomic E-state index is 12.8. The first-order valence-corrected chi connectivity index (χ1v) is 9.15. The molecule has 0 saturated carbocycles. The number of aryl methyl sites for hydroxylation is 1. The molecule has 1 aromatic heterocycles. The number of aromatic nitrogens is 1. The molecule has 0 spiro atoms. The van der Waals surface area contributed by atoms with Gasteiger partial charge in [0.25, 0.3) is 0 Å². The SMILES string of the molecule is Cc1csc(N2CCC(C(=O)N3CC[C@H](N)C[C@H]3C)CC2)n1. The van der Waals surface area contributed by atoms with Crippen LogP contribution in [0.4, 0.5) is 5.13 Å². The molecule has 0 unspecified atom stereocenters. The first-order valence-electron chi connectivity index (χ1n) is 8.27. The topological polar surface area (TPSA) is 62.5 Å². The molecule has 2 aliphatic rings. The van der Waals surface area contributed by atoms with Crippen LogP contribution in [0, 0.1) is 12.8 Å². The van der Waals surface area contributed by atoms with Crippen molar-refractivity contribution in [3.05, 3.63) is 11.1 Å². The molecule has 2 saturated heterocycles. The molecule has 3 rings (SSSR count). The summed E-state index contributed by atoms with van der Waals surface area (Å²) in [6.07, 6.45) is 3.75. The minimum atomic E-state index is 0.175. The highest BCUT2D eigenvalue weighted by molar-refractivity contribution is 7.13. The van der Waals surface area contributed by atoms with Crippen LogP contribution in [-0.4, -0.2) is 47.5 Å². The summed E-state index contributed by atoms with van der Waals surface area (Å²) in [6, 6.07) is 0.546. The molecule has 2 N–H and O–H groups in total. The summed E-state index contributed by atoms with van der Waals surface area (Å²) in [5, 5.41) is 3.19. The summed E-state index contributed by atoms with van der Waals surface area (Å²) in [5.74, 6) is 0.517. The van der Waals surface area contributed by atoms with Crippen molar-refractivity contribution in [3.8, 4) is 0 Å². The number of hydrogen-bond donors (Lipinski definition) is 1. The number of likely N-dealkylation sites (tertiary alicyclic amines) is 1. The Morgan fingerprint density at radius 1 is 1.32 bits per heavy atom. The molecule has 22 heavy (non-hydrogen) atoms. The van der Waals surface area contributed by atoms with Gasteiger partial charge in [0.2, 0.25) is 5.91 Å². The zero-order valence-electron chi connectivity index (χ0n) is 13.5. The monoisotopic (exact) mass is 322 g/mol. The third kappa shape index (κ3) is 3.27. The number of nitrogens with zero attached hydrogens (tertiary/aromatic N) is 3. The van der Waals surface area contributed by atoms with Crippen LogP contribution < -0.4 is 10.6 Å². The molecule has 2 atom stereocenters. The van der Waals surface area contributed by atoms with E-state index in [2.05, 4.69) is 27.1 Å². The fourth-order valence-electron chi connectivity index (χ4n) is 3.57. The number of piperidine rings is 2. The smallest absolute Gasteiger partial charge is 0.226 e. The molecule has 2 fully saturated rings. The highest BCUT2D eigenvalue weighted by Crippen LogP contribution is 2.28. The Morgan fingerprint density at radius 2 is 2.05 bits per heavy atom. The van der Waals surface area contributed by atoms with Gasteiger partial charge in [0, 0.05) is 43.0 Å². The Labute approximate surface area is 136 Å². The van der Waals surface area contributed by atoms with Gasteiger partial charge < -0.3 is 15.5 Å². The van der Waals surface area contributed by atoms with Crippen LogP contribution in [0.3, 0.4) is 0 Å². The van der Waals surface area contributed by atoms with Gasteiger partial charge in [-0.2, -0.15) is 0 Å². The minimum Gasteiger partial charge on any atom is -0.348 e. The van der Waals surface area contributed by atoms with Crippen LogP contribution in [0.1, 0.15) is 38.3 Å². The second-order valence-electron chi connectivity index (χ2n) is 6.70.